The van der Waals surface area contributed by atoms with Crippen LogP contribution in [0.3, 0.4) is 0 Å². The fourth-order valence-corrected chi connectivity index (χ4v) is 2.82. The fourth-order valence-electron chi connectivity index (χ4n) is 1.86. The summed E-state index contributed by atoms with van der Waals surface area (Å²) in [5.74, 6) is -0.988. The van der Waals surface area contributed by atoms with E-state index < -0.39 is 5.97 Å². The minimum absolute atomic E-state index is 0.0285. The Balaban J connectivity index is 1.90. The lowest BCUT2D eigenvalue weighted by molar-refractivity contribution is -0.137. The van der Waals surface area contributed by atoms with E-state index in [4.69, 9.17) is 5.11 Å². The third kappa shape index (κ3) is 4.42. The van der Waals surface area contributed by atoms with Gasteiger partial charge in [-0.3, -0.25) is 10.1 Å². The van der Waals surface area contributed by atoms with Crippen molar-refractivity contribution >= 4 is 38.7 Å². The number of nitrogens with zero attached hydrogens (tertiary/aromatic N) is 1. The van der Waals surface area contributed by atoms with Gasteiger partial charge in [0.2, 0.25) is 0 Å². The molecule has 0 spiro atoms. The first-order chi connectivity index (χ1) is 9.94. The van der Waals surface area contributed by atoms with Crippen molar-refractivity contribution in [1.82, 2.24) is 10.3 Å². The molecule has 1 heterocycles. The van der Waals surface area contributed by atoms with Gasteiger partial charge in [0.25, 0.3) is 0 Å². The van der Waals surface area contributed by atoms with E-state index in [0.29, 0.717) is 11.7 Å². The molecule has 0 fully saturated rings. The Labute approximate surface area is 126 Å². The van der Waals surface area contributed by atoms with Gasteiger partial charge >= 0.3 is 12.0 Å². The largest absolute Gasteiger partial charge is 0.481 e. The lowest BCUT2D eigenvalue weighted by Crippen LogP contribution is -2.32. The Bertz CT molecular complexity index is 669. The summed E-state index contributed by atoms with van der Waals surface area (Å²) in [5.41, 5.74) is 1.99. The van der Waals surface area contributed by atoms with E-state index in [1.807, 2.05) is 25.1 Å². The number of aromatic nitrogens is 1. The van der Waals surface area contributed by atoms with Crippen LogP contribution in [0.15, 0.2) is 18.2 Å². The zero-order valence-electron chi connectivity index (χ0n) is 11.8. The van der Waals surface area contributed by atoms with Crippen LogP contribution in [0.4, 0.5) is 9.93 Å². The number of carboxylic acid groups (broad SMARTS) is 1. The highest BCUT2D eigenvalue weighted by Gasteiger charge is 2.11. The highest BCUT2D eigenvalue weighted by atomic mass is 32.1. The second-order valence-corrected chi connectivity index (χ2v) is 6.06. The van der Waals surface area contributed by atoms with Crippen LogP contribution in [0.2, 0.25) is 0 Å². The third-order valence-corrected chi connectivity index (χ3v) is 3.83. The van der Waals surface area contributed by atoms with Crippen molar-refractivity contribution in [2.75, 3.05) is 11.9 Å². The van der Waals surface area contributed by atoms with Crippen LogP contribution in [-0.4, -0.2) is 28.6 Å². The van der Waals surface area contributed by atoms with Crippen molar-refractivity contribution in [1.29, 1.82) is 0 Å². The van der Waals surface area contributed by atoms with Crippen molar-refractivity contribution < 1.29 is 14.7 Å². The average molecular weight is 307 g/mol. The number of amides is 2. The molecule has 0 bridgehead atoms. The molecule has 0 aliphatic carbocycles. The molecular weight excluding hydrogens is 290 g/mol. The number of hydrogen-bond acceptors (Lipinski definition) is 4. The third-order valence-electron chi connectivity index (χ3n) is 2.90. The Hall–Kier alpha value is -2.15. The summed E-state index contributed by atoms with van der Waals surface area (Å²) in [4.78, 5) is 26.6. The van der Waals surface area contributed by atoms with E-state index >= 15 is 0 Å². The van der Waals surface area contributed by atoms with Crippen molar-refractivity contribution in [2.24, 2.45) is 5.92 Å². The number of aryl methyl sites for hydroxylation is 1. The Kier molecular flexibility index (Phi) is 4.74. The summed E-state index contributed by atoms with van der Waals surface area (Å²) in [6, 6.07) is 5.53. The monoisotopic (exact) mass is 307 g/mol. The lowest BCUT2D eigenvalue weighted by Gasteiger charge is -2.10. The lowest BCUT2D eigenvalue weighted by atomic mass is 10.1. The predicted octanol–water partition coefficient (Wildman–Crippen LogP) is 2.84. The number of hydrogen-bond donors (Lipinski definition) is 3. The average Bonchev–Trinajstić information content (AvgIpc) is 2.76. The smallest absolute Gasteiger partial charge is 0.321 e. The van der Waals surface area contributed by atoms with Crippen LogP contribution in [0.5, 0.6) is 0 Å². The van der Waals surface area contributed by atoms with E-state index in [9.17, 15) is 9.59 Å². The van der Waals surface area contributed by atoms with Crippen LogP contribution < -0.4 is 10.6 Å². The summed E-state index contributed by atoms with van der Waals surface area (Å²) in [5, 5.41) is 14.5. The highest BCUT2D eigenvalue weighted by Crippen LogP contribution is 2.26. The maximum Gasteiger partial charge on any atom is 0.321 e. The van der Waals surface area contributed by atoms with E-state index in [0.717, 1.165) is 15.8 Å². The van der Waals surface area contributed by atoms with Crippen LogP contribution in [-0.2, 0) is 4.79 Å². The predicted molar refractivity (Wildman–Crippen MR) is 82.8 cm³/mol. The number of benzene rings is 1. The number of carbonyl (C=O) groups is 2. The first-order valence-electron chi connectivity index (χ1n) is 6.58. The number of nitrogens with one attached hydrogen (secondary N) is 2. The van der Waals surface area contributed by atoms with Gasteiger partial charge in [0.05, 0.1) is 10.2 Å². The number of fused-ring (bicyclic) bond motifs is 1. The fraction of sp³-hybridized carbons (Fsp3) is 0.357. The number of thiazole rings is 1. The summed E-state index contributed by atoms with van der Waals surface area (Å²) in [6.07, 6.45) is 0.0285. The number of carboxylic acids is 1. The summed E-state index contributed by atoms with van der Waals surface area (Å²) in [6.45, 7) is 4.08. The maximum absolute atomic E-state index is 11.7. The molecule has 2 amide bonds. The molecule has 6 nitrogen and oxygen atoms in total. The van der Waals surface area contributed by atoms with E-state index in [1.165, 1.54) is 11.3 Å². The first-order valence-corrected chi connectivity index (χ1v) is 7.39. The topological polar surface area (TPSA) is 91.3 Å². The van der Waals surface area contributed by atoms with Crippen LogP contribution >= 0.6 is 11.3 Å². The number of urea groups is 1. The summed E-state index contributed by atoms with van der Waals surface area (Å²) >= 11 is 1.41. The molecule has 3 N–H and O–H groups in total. The van der Waals surface area contributed by atoms with Gasteiger partial charge in [0, 0.05) is 13.0 Å². The molecule has 0 saturated carbocycles. The van der Waals surface area contributed by atoms with Crippen molar-refractivity contribution in [3.05, 3.63) is 23.8 Å². The minimum atomic E-state index is -0.869. The molecule has 1 atom stereocenters. The summed E-state index contributed by atoms with van der Waals surface area (Å²) < 4.78 is 1.02. The van der Waals surface area contributed by atoms with Gasteiger partial charge in [-0.05, 0) is 30.5 Å². The Morgan fingerprint density at radius 3 is 2.90 bits per heavy atom. The molecule has 0 radical (unpaired) electrons. The molecule has 0 aliphatic rings. The highest BCUT2D eigenvalue weighted by molar-refractivity contribution is 7.22. The van der Waals surface area contributed by atoms with Gasteiger partial charge in [0.1, 0.15) is 0 Å². The second-order valence-electron chi connectivity index (χ2n) is 5.03. The van der Waals surface area contributed by atoms with Gasteiger partial charge in [-0.15, -0.1) is 0 Å². The van der Waals surface area contributed by atoms with Gasteiger partial charge in [-0.25, -0.2) is 9.78 Å². The number of anilines is 1. The SMILES string of the molecule is Cc1ccc2nc(NC(=O)NCC(C)CC(=O)O)sc2c1. The molecular formula is C14H17N3O3S. The first kappa shape index (κ1) is 15.2. The summed E-state index contributed by atoms with van der Waals surface area (Å²) in [7, 11) is 0. The molecule has 0 aliphatic heterocycles. The molecule has 21 heavy (non-hydrogen) atoms. The zero-order valence-corrected chi connectivity index (χ0v) is 12.7. The number of carbonyl (C=O) groups excluding carboxylic acids is 1. The van der Waals surface area contributed by atoms with Gasteiger partial charge < -0.3 is 10.4 Å². The van der Waals surface area contributed by atoms with Gasteiger partial charge in [-0.1, -0.05) is 24.3 Å². The van der Waals surface area contributed by atoms with Gasteiger partial charge in [-0.2, -0.15) is 0 Å². The molecule has 2 rings (SSSR count). The van der Waals surface area contributed by atoms with Crippen molar-refractivity contribution in [3.63, 3.8) is 0 Å². The van der Waals surface area contributed by atoms with E-state index in [-0.39, 0.29) is 18.4 Å². The quantitative estimate of drug-likeness (QED) is 0.792. The Morgan fingerprint density at radius 2 is 2.19 bits per heavy atom. The molecule has 1 aromatic carbocycles. The standard InChI is InChI=1S/C14H17N3O3S/c1-8-3-4-10-11(5-8)21-14(16-10)17-13(20)15-7-9(2)6-12(18)19/h3-5,9H,6-7H2,1-2H3,(H,18,19)(H2,15,16,17,20). The van der Waals surface area contributed by atoms with Crippen molar-refractivity contribution in [3.8, 4) is 0 Å². The van der Waals surface area contributed by atoms with E-state index in [2.05, 4.69) is 15.6 Å². The molecule has 2 aromatic rings. The van der Waals surface area contributed by atoms with Crippen molar-refractivity contribution in [2.45, 2.75) is 20.3 Å². The molecule has 7 heteroatoms. The second kappa shape index (κ2) is 6.53. The molecule has 0 saturated heterocycles. The molecule has 1 unspecified atom stereocenters. The molecule has 1 aromatic heterocycles. The normalized spacial score (nSPS) is 12.1. The van der Waals surface area contributed by atoms with Crippen LogP contribution in [0.25, 0.3) is 10.2 Å². The number of aliphatic carboxylic acids is 1. The number of rotatable bonds is 5. The molecule has 112 valence electrons. The van der Waals surface area contributed by atoms with Crippen LogP contribution in [0.1, 0.15) is 18.9 Å². The van der Waals surface area contributed by atoms with Gasteiger partial charge in [0.15, 0.2) is 5.13 Å². The zero-order chi connectivity index (χ0) is 15.4. The minimum Gasteiger partial charge on any atom is -0.481 e. The maximum atomic E-state index is 11.7. The Morgan fingerprint density at radius 1 is 1.43 bits per heavy atom. The van der Waals surface area contributed by atoms with E-state index in [1.54, 1.807) is 6.92 Å². The van der Waals surface area contributed by atoms with Crippen LogP contribution in [0, 0.1) is 12.8 Å².